The average Bonchev–Trinajstić information content (AvgIpc) is 3.22. The third kappa shape index (κ3) is 2.61. The lowest BCUT2D eigenvalue weighted by molar-refractivity contribution is -0.145. The SMILES string of the molecule is N=c1c2ncn([C@]3(Cc4ccccc4)O[C@H](CO)[C@@H](O)[C@H]3O)c2ncn1O. The first-order chi connectivity index (χ1) is 13.0. The van der Waals surface area contributed by atoms with Gasteiger partial charge in [-0.2, -0.15) is 4.73 Å². The lowest BCUT2D eigenvalue weighted by Crippen LogP contribution is -2.47. The highest BCUT2D eigenvalue weighted by Gasteiger charge is 2.55. The van der Waals surface area contributed by atoms with Crippen molar-refractivity contribution < 1.29 is 25.3 Å². The van der Waals surface area contributed by atoms with Crippen molar-refractivity contribution in [3.63, 3.8) is 0 Å². The van der Waals surface area contributed by atoms with E-state index in [-0.39, 0.29) is 23.1 Å². The van der Waals surface area contributed by atoms with Gasteiger partial charge < -0.3 is 25.3 Å². The standard InChI is InChI=1S/C17H19N5O5/c18-15-12-16(20-9-22(15)26)21(8-19-12)17(6-10-4-2-1-3-5-10)14(25)13(24)11(7-23)27-17/h1-5,8-9,11,13-14,18,23-26H,6-7H2/t11-,13-,14-,17-/m1/s1. The Labute approximate surface area is 153 Å². The Balaban J connectivity index is 1.92. The third-order valence-electron chi connectivity index (χ3n) is 4.90. The molecular formula is C17H19N5O5. The third-order valence-corrected chi connectivity index (χ3v) is 4.90. The van der Waals surface area contributed by atoms with Crippen molar-refractivity contribution in [2.75, 3.05) is 6.61 Å². The Morgan fingerprint density at radius 1 is 1.15 bits per heavy atom. The summed E-state index contributed by atoms with van der Waals surface area (Å²) < 4.78 is 7.92. The van der Waals surface area contributed by atoms with Crippen molar-refractivity contribution in [1.82, 2.24) is 19.3 Å². The van der Waals surface area contributed by atoms with E-state index in [9.17, 15) is 20.5 Å². The Kier molecular flexibility index (Phi) is 4.19. The molecular weight excluding hydrogens is 354 g/mol. The minimum Gasteiger partial charge on any atom is -0.425 e. The Morgan fingerprint density at radius 2 is 1.89 bits per heavy atom. The van der Waals surface area contributed by atoms with Crippen LogP contribution in [-0.2, 0) is 16.9 Å². The fourth-order valence-electron chi connectivity index (χ4n) is 3.52. The molecule has 3 aromatic rings. The van der Waals surface area contributed by atoms with E-state index < -0.39 is 30.6 Å². The molecule has 27 heavy (non-hydrogen) atoms. The summed E-state index contributed by atoms with van der Waals surface area (Å²) in [6.07, 6.45) is -1.16. The monoisotopic (exact) mass is 373 g/mol. The number of rotatable bonds is 4. The van der Waals surface area contributed by atoms with E-state index in [0.29, 0.717) is 4.73 Å². The van der Waals surface area contributed by atoms with E-state index in [2.05, 4.69) is 9.97 Å². The fourth-order valence-corrected chi connectivity index (χ4v) is 3.52. The zero-order chi connectivity index (χ0) is 19.2. The lowest BCUT2D eigenvalue weighted by atomic mass is 9.95. The van der Waals surface area contributed by atoms with Crippen LogP contribution in [0.2, 0.25) is 0 Å². The predicted molar refractivity (Wildman–Crippen MR) is 90.6 cm³/mol. The maximum atomic E-state index is 10.9. The molecule has 1 fully saturated rings. The van der Waals surface area contributed by atoms with Gasteiger partial charge in [0.1, 0.15) is 24.6 Å². The van der Waals surface area contributed by atoms with Crippen LogP contribution in [-0.4, -0.2) is 64.7 Å². The first kappa shape index (κ1) is 17.6. The molecule has 0 bridgehead atoms. The van der Waals surface area contributed by atoms with E-state index in [4.69, 9.17) is 10.1 Å². The molecule has 10 nitrogen and oxygen atoms in total. The number of fused-ring (bicyclic) bond motifs is 1. The van der Waals surface area contributed by atoms with Gasteiger partial charge in [0.15, 0.2) is 22.4 Å². The molecule has 0 spiro atoms. The van der Waals surface area contributed by atoms with Gasteiger partial charge in [0.05, 0.1) is 12.9 Å². The number of aliphatic hydroxyl groups is 3. The number of hydrogen-bond donors (Lipinski definition) is 5. The van der Waals surface area contributed by atoms with Gasteiger partial charge in [0.2, 0.25) is 0 Å². The second-order valence-electron chi connectivity index (χ2n) is 6.51. The van der Waals surface area contributed by atoms with Crippen LogP contribution >= 0.6 is 0 Å². The van der Waals surface area contributed by atoms with E-state index in [1.54, 1.807) is 0 Å². The van der Waals surface area contributed by atoms with Crippen LogP contribution in [0.5, 0.6) is 0 Å². The van der Waals surface area contributed by atoms with Crippen LogP contribution in [0, 0.1) is 5.41 Å². The van der Waals surface area contributed by atoms with E-state index in [1.165, 1.54) is 10.9 Å². The first-order valence-corrected chi connectivity index (χ1v) is 8.35. The quantitative estimate of drug-likeness (QED) is 0.367. The molecule has 1 aromatic carbocycles. The molecule has 1 saturated heterocycles. The van der Waals surface area contributed by atoms with Gasteiger partial charge in [0.25, 0.3) is 0 Å². The molecule has 3 heterocycles. The summed E-state index contributed by atoms with van der Waals surface area (Å²) in [5.41, 5.74) is -0.649. The molecule has 0 amide bonds. The first-order valence-electron chi connectivity index (χ1n) is 8.35. The van der Waals surface area contributed by atoms with Crippen LogP contribution < -0.4 is 5.49 Å². The number of aliphatic hydroxyl groups excluding tert-OH is 3. The summed E-state index contributed by atoms with van der Waals surface area (Å²) in [6, 6.07) is 9.23. The van der Waals surface area contributed by atoms with Gasteiger partial charge in [-0.05, 0) is 5.56 Å². The molecule has 0 aliphatic carbocycles. The van der Waals surface area contributed by atoms with Gasteiger partial charge in [-0.15, -0.1) is 0 Å². The Morgan fingerprint density at radius 3 is 2.56 bits per heavy atom. The highest BCUT2D eigenvalue weighted by molar-refractivity contribution is 5.69. The van der Waals surface area contributed by atoms with Crippen molar-refractivity contribution in [2.45, 2.75) is 30.5 Å². The van der Waals surface area contributed by atoms with Crippen LogP contribution in [0.3, 0.4) is 0 Å². The number of nitrogens with one attached hydrogen (secondary N) is 1. The van der Waals surface area contributed by atoms with E-state index in [1.807, 2.05) is 30.3 Å². The number of hydrogen-bond acceptors (Lipinski definition) is 8. The van der Waals surface area contributed by atoms with Crippen LogP contribution in [0.4, 0.5) is 0 Å². The highest BCUT2D eigenvalue weighted by atomic mass is 16.6. The van der Waals surface area contributed by atoms with Gasteiger partial charge in [-0.25, -0.2) is 9.97 Å². The second-order valence-corrected chi connectivity index (χ2v) is 6.51. The average molecular weight is 373 g/mol. The van der Waals surface area contributed by atoms with Crippen molar-refractivity contribution in [3.05, 3.63) is 54.0 Å². The highest BCUT2D eigenvalue weighted by Crippen LogP contribution is 2.39. The Hall–Kier alpha value is -2.79. The van der Waals surface area contributed by atoms with Gasteiger partial charge in [-0.3, -0.25) is 9.98 Å². The molecule has 4 rings (SSSR count). The second kappa shape index (κ2) is 6.43. The maximum Gasteiger partial charge on any atom is 0.192 e. The van der Waals surface area contributed by atoms with Crippen LogP contribution in [0.25, 0.3) is 11.2 Å². The Bertz CT molecular complexity index is 1020. The zero-order valence-electron chi connectivity index (χ0n) is 14.2. The lowest BCUT2D eigenvalue weighted by Gasteiger charge is -2.34. The summed E-state index contributed by atoms with van der Waals surface area (Å²) in [5, 5.41) is 48.3. The van der Waals surface area contributed by atoms with Crippen molar-refractivity contribution in [2.24, 2.45) is 0 Å². The molecule has 1 aliphatic heterocycles. The summed E-state index contributed by atoms with van der Waals surface area (Å²) in [4.78, 5) is 8.22. The molecule has 0 saturated carbocycles. The summed E-state index contributed by atoms with van der Waals surface area (Å²) in [7, 11) is 0. The van der Waals surface area contributed by atoms with Gasteiger partial charge in [-0.1, -0.05) is 30.3 Å². The molecule has 0 unspecified atom stereocenters. The zero-order valence-corrected chi connectivity index (χ0v) is 14.2. The number of imidazole rings is 1. The van der Waals surface area contributed by atoms with Gasteiger partial charge >= 0.3 is 0 Å². The maximum absolute atomic E-state index is 10.9. The van der Waals surface area contributed by atoms with Crippen molar-refractivity contribution in [3.8, 4) is 0 Å². The van der Waals surface area contributed by atoms with Crippen molar-refractivity contribution >= 4 is 11.2 Å². The summed E-state index contributed by atoms with van der Waals surface area (Å²) in [6.45, 7) is -0.477. The van der Waals surface area contributed by atoms with Crippen molar-refractivity contribution in [1.29, 1.82) is 5.41 Å². The minimum atomic E-state index is -1.50. The molecule has 2 aromatic heterocycles. The van der Waals surface area contributed by atoms with Crippen LogP contribution in [0.15, 0.2) is 43.0 Å². The fraction of sp³-hybridized carbons (Fsp3) is 0.353. The smallest absolute Gasteiger partial charge is 0.192 e. The molecule has 142 valence electrons. The number of ether oxygens (including phenoxy) is 1. The minimum absolute atomic E-state index is 0.102. The number of benzene rings is 1. The number of aromatic nitrogens is 4. The topological polar surface area (TPSA) is 150 Å². The van der Waals surface area contributed by atoms with E-state index >= 15 is 0 Å². The normalized spacial score (nSPS) is 28.0. The summed E-state index contributed by atoms with van der Waals surface area (Å²) in [5.74, 6) is 0. The molecule has 5 N–H and O–H groups in total. The van der Waals surface area contributed by atoms with Gasteiger partial charge in [0, 0.05) is 6.42 Å². The van der Waals surface area contributed by atoms with E-state index in [0.717, 1.165) is 11.9 Å². The molecule has 4 atom stereocenters. The molecule has 10 heteroatoms. The predicted octanol–water partition coefficient (Wildman–Crippen LogP) is -1.04. The number of nitrogens with zero attached hydrogens (tertiary/aromatic N) is 4. The molecule has 1 aliphatic rings. The largest absolute Gasteiger partial charge is 0.425 e. The van der Waals surface area contributed by atoms with Crippen LogP contribution in [0.1, 0.15) is 5.56 Å². The summed E-state index contributed by atoms with van der Waals surface area (Å²) >= 11 is 0. The molecule has 0 radical (unpaired) electrons.